The lowest BCUT2D eigenvalue weighted by molar-refractivity contribution is -0.142. The van der Waals surface area contributed by atoms with E-state index in [4.69, 9.17) is 14.9 Å². The van der Waals surface area contributed by atoms with Gasteiger partial charge in [0, 0.05) is 13.2 Å². The minimum atomic E-state index is -1.03. The summed E-state index contributed by atoms with van der Waals surface area (Å²) >= 11 is 0. The summed E-state index contributed by atoms with van der Waals surface area (Å²) in [6.45, 7) is 4.91. The molecule has 0 heterocycles. The van der Waals surface area contributed by atoms with Gasteiger partial charge in [-0.15, -0.1) is 0 Å². The van der Waals surface area contributed by atoms with Crippen molar-refractivity contribution in [1.29, 1.82) is 0 Å². The van der Waals surface area contributed by atoms with Crippen molar-refractivity contribution >= 4 is 11.9 Å². The highest BCUT2D eigenvalue weighted by Gasteiger charge is 2.12. The summed E-state index contributed by atoms with van der Waals surface area (Å²) < 4.78 is 5.31. The number of ether oxygens (including phenoxy) is 1. The molecule has 0 amide bonds. The molecule has 0 aliphatic carbocycles. The van der Waals surface area contributed by atoms with Crippen LogP contribution < -0.4 is 0 Å². The molecule has 0 fully saturated rings. The van der Waals surface area contributed by atoms with Crippen LogP contribution in [-0.4, -0.2) is 59.9 Å². The molecule has 0 aromatic rings. The SMILES string of the molecule is CC(C)CCOCCN(CC(=O)O)CC(=O)O. The normalized spacial score (nSPS) is 11.1. The van der Waals surface area contributed by atoms with Crippen molar-refractivity contribution in [2.45, 2.75) is 20.3 Å². The average Bonchev–Trinajstić information content (AvgIpc) is 2.14. The lowest BCUT2D eigenvalue weighted by atomic mass is 10.1. The number of carboxylic acid groups (broad SMARTS) is 2. The average molecular weight is 247 g/mol. The molecule has 0 aliphatic heterocycles. The van der Waals surface area contributed by atoms with E-state index in [1.54, 1.807) is 0 Å². The molecule has 6 heteroatoms. The zero-order valence-corrected chi connectivity index (χ0v) is 10.4. The summed E-state index contributed by atoms with van der Waals surface area (Å²) in [7, 11) is 0. The van der Waals surface area contributed by atoms with Crippen molar-refractivity contribution in [3.63, 3.8) is 0 Å². The molecule has 2 N–H and O–H groups in total. The quantitative estimate of drug-likeness (QED) is 0.547. The molecular weight excluding hydrogens is 226 g/mol. The third kappa shape index (κ3) is 11.1. The number of carboxylic acids is 2. The molecule has 6 nitrogen and oxygen atoms in total. The molecular formula is C11H21NO5. The van der Waals surface area contributed by atoms with E-state index in [2.05, 4.69) is 13.8 Å². The maximum Gasteiger partial charge on any atom is 0.317 e. The fraction of sp³-hybridized carbons (Fsp3) is 0.818. The first kappa shape index (κ1) is 15.9. The van der Waals surface area contributed by atoms with E-state index in [-0.39, 0.29) is 13.1 Å². The zero-order valence-electron chi connectivity index (χ0n) is 10.4. The van der Waals surface area contributed by atoms with Gasteiger partial charge in [0.05, 0.1) is 19.7 Å². The van der Waals surface area contributed by atoms with Gasteiger partial charge in [-0.05, 0) is 12.3 Å². The van der Waals surface area contributed by atoms with Crippen molar-refractivity contribution in [2.24, 2.45) is 5.92 Å². The monoisotopic (exact) mass is 247 g/mol. The van der Waals surface area contributed by atoms with E-state index in [0.717, 1.165) is 6.42 Å². The van der Waals surface area contributed by atoms with Gasteiger partial charge >= 0.3 is 11.9 Å². The van der Waals surface area contributed by atoms with Crippen LogP contribution in [0.2, 0.25) is 0 Å². The first-order chi connectivity index (χ1) is 7.91. The van der Waals surface area contributed by atoms with Crippen molar-refractivity contribution in [2.75, 3.05) is 32.8 Å². The standard InChI is InChI=1S/C11H21NO5/c1-9(2)3-5-17-6-4-12(7-10(13)14)8-11(15)16/h9H,3-8H2,1-2H3,(H,13,14)(H,15,16). The van der Waals surface area contributed by atoms with E-state index in [1.807, 2.05) is 0 Å². The fourth-order valence-electron chi connectivity index (χ4n) is 1.21. The molecule has 0 aromatic heterocycles. The van der Waals surface area contributed by atoms with Gasteiger partial charge in [-0.25, -0.2) is 0 Å². The molecule has 0 saturated carbocycles. The molecule has 0 aromatic carbocycles. The Balaban J connectivity index is 3.75. The third-order valence-electron chi connectivity index (χ3n) is 2.11. The van der Waals surface area contributed by atoms with Crippen molar-refractivity contribution < 1.29 is 24.5 Å². The Morgan fingerprint density at radius 3 is 2.06 bits per heavy atom. The third-order valence-corrected chi connectivity index (χ3v) is 2.11. The highest BCUT2D eigenvalue weighted by Crippen LogP contribution is 1.99. The second-order valence-electron chi connectivity index (χ2n) is 4.29. The van der Waals surface area contributed by atoms with Gasteiger partial charge in [0.2, 0.25) is 0 Å². The van der Waals surface area contributed by atoms with Crippen molar-refractivity contribution in [1.82, 2.24) is 4.90 Å². The predicted molar refractivity (Wildman–Crippen MR) is 62.0 cm³/mol. The number of hydrogen-bond acceptors (Lipinski definition) is 4. The van der Waals surface area contributed by atoms with E-state index in [1.165, 1.54) is 4.90 Å². The summed E-state index contributed by atoms with van der Waals surface area (Å²) in [5, 5.41) is 17.2. The van der Waals surface area contributed by atoms with Gasteiger partial charge in [-0.3, -0.25) is 14.5 Å². The topological polar surface area (TPSA) is 87.1 Å². The van der Waals surface area contributed by atoms with E-state index < -0.39 is 11.9 Å². The molecule has 0 atom stereocenters. The first-order valence-electron chi connectivity index (χ1n) is 5.65. The number of hydrogen-bond donors (Lipinski definition) is 2. The van der Waals surface area contributed by atoms with E-state index in [0.29, 0.717) is 25.7 Å². The maximum atomic E-state index is 10.5. The van der Waals surface area contributed by atoms with Crippen LogP contribution in [0.3, 0.4) is 0 Å². The lowest BCUT2D eigenvalue weighted by Crippen LogP contribution is -2.36. The van der Waals surface area contributed by atoms with Crippen LogP contribution in [0.15, 0.2) is 0 Å². The van der Waals surface area contributed by atoms with Crippen LogP contribution in [0.25, 0.3) is 0 Å². The lowest BCUT2D eigenvalue weighted by Gasteiger charge is -2.17. The fourth-order valence-corrected chi connectivity index (χ4v) is 1.21. The van der Waals surface area contributed by atoms with Crippen LogP contribution >= 0.6 is 0 Å². The summed E-state index contributed by atoms with van der Waals surface area (Å²) in [6, 6.07) is 0. The number of rotatable bonds is 10. The smallest absolute Gasteiger partial charge is 0.317 e. The second-order valence-corrected chi connectivity index (χ2v) is 4.29. The summed E-state index contributed by atoms with van der Waals surface area (Å²) in [5.74, 6) is -1.51. The minimum absolute atomic E-state index is 0.278. The van der Waals surface area contributed by atoms with Crippen LogP contribution in [0.4, 0.5) is 0 Å². The molecule has 0 rings (SSSR count). The minimum Gasteiger partial charge on any atom is -0.480 e. The Morgan fingerprint density at radius 2 is 1.65 bits per heavy atom. The Labute approximate surface area is 101 Å². The summed E-state index contributed by atoms with van der Waals surface area (Å²) in [4.78, 5) is 22.3. The van der Waals surface area contributed by atoms with E-state index in [9.17, 15) is 9.59 Å². The second kappa shape index (κ2) is 8.95. The summed E-state index contributed by atoms with van der Waals surface area (Å²) in [6.07, 6.45) is 0.942. The molecule has 100 valence electrons. The highest BCUT2D eigenvalue weighted by molar-refractivity contribution is 5.72. The van der Waals surface area contributed by atoms with Crippen LogP contribution in [0, 0.1) is 5.92 Å². The van der Waals surface area contributed by atoms with Crippen LogP contribution in [-0.2, 0) is 14.3 Å². The van der Waals surface area contributed by atoms with Gasteiger partial charge in [0.1, 0.15) is 0 Å². The maximum absolute atomic E-state index is 10.5. The largest absolute Gasteiger partial charge is 0.480 e. The number of aliphatic carboxylic acids is 2. The molecule has 0 aliphatic rings. The van der Waals surface area contributed by atoms with Gasteiger partial charge in [0.15, 0.2) is 0 Å². The van der Waals surface area contributed by atoms with Crippen LogP contribution in [0.5, 0.6) is 0 Å². The molecule has 0 spiro atoms. The molecule has 17 heavy (non-hydrogen) atoms. The van der Waals surface area contributed by atoms with Gasteiger partial charge < -0.3 is 14.9 Å². The summed E-state index contributed by atoms with van der Waals surface area (Å²) in [5.41, 5.74) is 0. The zero-order chi connectivity index (χ0) is 13.3. The molecule has 0 bridgehead atoms. The van der Waals surface area contributed by atoms with E-state index >= 15 is 0 Å². The van der Waals surface area contributed by atoms with Crippen molar-refractivity contribution in [3.8, 4) is 0 Å². The Kier molecular flexibility index (Phi) is 8.35. The molecule has 0 unspecified atom stereocenters. The Bertz CT molecular complexity index is 226. The van der Waals surface area contributed by atoms with Gasteiger partial charge in [0.25, 0.3) is 0 Å². The Morgan fingerprint density at radius 1 is 1.12 bits per heavy atom. The Hall–Kier alpha value is -1.14. The first-order valence-corrected chi connectivity index (χ1v) is 5.65. The van der Waals surface area contributed by atoms with Gasteiger partial charge in [-0.2, -0.15) is 0 Å². The van der Waals surface area contributed by atoms with Crippen molar-refractivity contribution in [3.05, 3.63) is 0 Å². The van der Waals surface area contributed by atoms with Gasteiger partial charge in [-0.1, -0.05) is 13.8 Å². The number of carbonyl (C=O) groups is 2. The highest BCUT2D eigenvalue weighted by atomic mass is 16.5. The molecule has 0 radical (unpaired) electrons. The number of nitrogens with zero attached hydrogens (tertiary/aromatic N) is 1. The molecule has 0 saturated heterocycles. The van der Waals surface area contributed by atoms with Crippen LogP contribution in [0.1, 0.15) is 20.3 Å². The predicted octanol–water partition coefficient (Wildman–Crippen LogP) is 0.520.